The molecule has 7 nitrogen and oxygen atoms in total. The molecule has 0 aliphatic carbocycles. The maximum absolute atomic E-state index is 11.3. The van der Waals surface area contributed by atoms with E-state index in [4.69, 9.17) is 19.4 Å². The molecular weight excluding hydrogens is 520 g/mol. The van der Waals surface area contributed by atoms with E-state index in [9.17, 15) is 9.90 Å². The van der Waals surface area contributed by atoms with Crippen LogP contribution >= 0.6 is 0 Å². The van der Waals surface area contributed by atoms with E-state index in [2.05, 4.69) is 24.7 Å². The minimum atomic E-state index is -0.864. The Morgan fingerprint density at radius 2 is 1.79 bits per heavy atom. The molecule has 4 rings (SSSR count). The normalized spacial score (nSPS) is 11.6. The summed E-state index contributed by atoms with van der Waals surface area (Å²) in [7, 11) is 0. The standard InChI is InChI=1S/C30H30N4O3.Fe/c1-8-20-19(7)29-34-27(20)15-25-18(6)22(10-11-28(35)36)23(32-25)12-13-31-24(16(3)4)14-26-17(5)21(9-2)30(33-26)37-29;/h8-9,12-15H,1-3,10-11H2,4-7H3,(H2-,31,32,33,34,35,36);/q;+4/p-1. The van der Waals surface area contributed by atoms with Crippen molar-refractivity contribution in [3.8, 4) is 0 Å². The van der Waals surface area contributed by atoms with Gasteiger partial charge in [-0.25, -0.2) is 4.42 Å². The minimum Gasteiger partial charge on any atom is -0.657 e. The van der Waals surface area contributed by atoms with Gasteiger partial charge in [-0.05, 0) is 45.8 Å². The van der Waals surface area contributed by atoms with Gasteiger partial charge in [-0.3, -0.25) is 9.78 Å². The van der Waals surface area contributed by atoms with Crippen molar-refractivity contribution in [1.29, 1.82) is 0 Å². The first-order chi connectivity index (χ1) is 17.6. The average molecular weight is 549 g/mol. The van der Waals surface area contributed by atoms with E-state index in [1.807, 2.05) is 39.8 Å². The van der Waals surface area contributed by atoms with E-state index in [0.29, 0.717) is 46.0 Å². The van der Waals surface area contributed by atoms with Crippen LogP contribution in [0.1, 0.15) is 59.8 Å². The van der Waals surface area contributed by atoms with Crippen molar-refractivity contribution in [2.75, 3.05) is 0 Å². The molecule has 0 unspecified atom stereocenters. The molecule has 0 radical (unpaired) electrons. The van der Waals surface area contributed by atoms with Crippen LogP contribution in [-0.4, -0.2) is 21.0 Å². The van der Waals surface area contributed by atoms with Gasteiger partial charge in [0.1, 0.15) is 0 Å². The van der Waals surface area contributed by atoms with E-state index in [1.165, 1.54) is 0 Å². The van der Waals surface area contributed by atoms with Crippen molar-refractivity contribution in [3.05, 3.63) is 89.7 Å². The quantitative estimate of drug-likeness (QED) is 0.275. The second-order valence-electron chi connectivity index (χ2n) is 8.97. The van der Waals surface area contributed by atoms with Gasteiger partial charge in [0.15, 0.2) is 0 Å². The van der Waals surface area contributed by atoms with Gasteiger partial charge in [-0.2, -0.15) is 4.98 Å². The summed E-state index contributed by atoms with van der Waals surface area (Å²) in [5.41, 5.74) is 9.62. The van der Waals surface area contributed by atoms with Gasteiger partial charge >= 0.3 is 28.9 Å². The monoisotopic (exact) mass is 549 g/mol. The SMILES string of the molecule is C=CC1=C(C)c2nc1cc1[n-]c(ccnc(C(=C)C)cc3[n-]c([o+]2)c(C=C)c3C)c(CCC(=O)O)c1C.[Fe+4]. The fourth-order valence-electron chi connectivity index (χ4n) is 4.30. The predicted molar refractivity (Wildman–Crippen MR) is 149 cm³/mol. The maximum atomic E-state index is 11.3. The summed E-state index contributed by atoms with van der Waals surface area (Å²) in [5, 5.41) is 9.27. The number of carbonyl (C=O) groups is 1. The molecule has 4 heterocycles. The number of allylic oxidation sites excluding steroid dienone is 4. The van der Waals surface area contributed by atoms with Crippen LogP contribution in [0.4, 0.5) is 0 Å². The fourth-order valence-corrected chi connectivity index (χ4v) is 4.30. The molecule has 0 atom stereocenters. The van der Waals surface area contributed by atoms with E-state index in [1.54, 1.807) is 24.4 Å². The van der Waals surface area contributed by atoms with Crippen molar-refractivity contribution in [2.24, 2.45) is 0 Å². The van der Waals surface area contributed by atoms with Crippen LogP contribution < -0.4 is 9.97 Å². The van der Waals surface area contributed by atoms with E-state index in [-0.39, 0.29) is 23.5 Å². The number of fused-ring (bicyclic) bond motifs is 6. The Balaban J connectivity index is 0.00000400. The molecular formula is C30H29FeN4O3+3. The number of hydrogen-bond donors (Lipinski definition) is 1. The molecule has 0 amide bonds. The summed E-state index contributed by atoms with van der Waals surface area (Å²) in [5.74, 6) is -0.444. The zero-order chi connectivity index (χ0) is 26.9. The van der Waals surface area contributed by atoms with Gasteiger partial charge < -0.3 is 15.1 Å². The van der Waals surface area contributed by atoms with Gasteiger partial charge in [-0.1, -0.05) is 60.7 Å². The molecule has 0 aromatic carbocycles. The van der Waals surface area contributed by atoms with Crippen LogP contribution in [0.5, 0.6) is 0 Å². The van der Waals surface area contributed by atoms with Crippen molar-refractivity contribution in [2.45, 2.75) is 40.5 Å². The summed E-state index contributed by atoms with van der Waals surface area (Å²) in [6.07, 6.45) is 5.47. The summed E-state index contributed by atoms with van der Waals surface area (Å²) < 4.78 is 6.22. The van der Waals surface area contributed by atoms with Gasteiger partial charge in [-0.15, -0.1) is 16.6 Å². The third-order valence-electron chi connectivity index (χ3n) is 6.47. The Morgan fingerprint density at radius 3 is 2.42 bits per heavy atom. The number of aliphatic carboxylic acids is 1. The predicted octanol–water partition coefficient (Wildman–Crippen LogP) is 6.56. The summed E-state index contributed by atoms with van der Waals surface area (Å²) >= 11 is 0. The van der Waals surface area contributed by atoms with Crippen LogP contribution in [-0.2, 0) is 28.3 Å². The minimum absolute atomic E-state index is 0. The number of nitrogens with zero attached hydrogens (tertiary/aromatic N) is 4. The molecule has 1 aliphatic rings. The molecule has 192 valence electrons. The zero-order valence-corrected chi connectivity index (χ0v) is 23.0. The molecule has 0 saturated heterocycles. The smallest absolute Gasteiger partial charge is 0.657 e. The summed E-state index contributed by atoms with van der Waals surface area (Å²) in [6.45, 7) is 19.6. The molecule has 6 bridgehead atoms. The van der Waals surface area contributed by atoms with Crippen LogP contribution in [0.25, 0.3) is 45.1 Å². The molecule has 1 aliphatic heterocycles. The Morgan fingerprint density at radius 1 is 1.08 bits per heavy atom. The molecule has 0 fully saturated rings. The first-order valence-electron chi connectivity index (χ1n) is 11.9. The second kappa shape index (κ2) is 11.6. The molecule has 8 heteroatoms. The van der Waals surface area contributed by atoms with Gasteiger partial charge in [0.05, 0.1) is 22.5 Å². The van der Waals surface area contributed by atoms with Gasteiger partial charge in [0, 0.05) is 18.2 Å². The van der Waals surface area contributed by atoms with Crippen LogP contribution in [0.2, 0.25) is 0 Å². The fraction of sp³-hybridized carbons (Fsp3) is 0.200. The Labute approximate surface area is 232 Å². The molecule has 3 aromatic heterocycles. The second-order valence-corrected chi connectivity index (χ2v) is 8.97. The molecule has 0 saturated carbocycles. The summed E-state index contributed by atoms with van der Waals surface area (Å²) in [6, 6.07) is 5.52. The van der Waals surface area contributed by atoms with Crippen LogP contribution in [0.3, 0.4) is 0 Å². The summed E-state index contributed by atoms with van der Waals surface area (Å²) in [4.78, 5) is 30.2. The van der Waals surface area contributed by atoms with Crippen LogP contribution in [0.15, 0.2) is 54.6 Å². The van der Waals surface area contributed by atoms with Gasteiger partial charge in [0.25, 0.3) is 5.71 Å². The van der Waals surface area contributed by atoms with Crippen LogP contribution in [0, 0.1) is 13.8 Å². The van der Waals surface area contributed by atoms with Crippen molar-refractivity contribution in [1.82, 2.24) is 19.9 Å². The third-order valence-corrected chi connectivity index (χ3v) is 6.47. The number of rotatable bonds is 6. The Kier molecular flexibility index (Phi) is 8.71. The maximum Gasteiger partial charge on any atom is 4.00 e. The topological polar surface area (TPSA) is 103 Å². The molecule has 1 N–H and O–H groups in total. The number of carboxylic acid groups (broad SMARTS) is 1. The number of hydrogen-bond acceptors (Lipinski definition) is 3. The Hall–Kier alpha value is -4.00. The largest absolute Gasteiger partial charge is 4.00 e. The third kappa shape index (κ3) is 5.47. The average Bonchev–Trinajstić information content (AvgIpc) is 3.42. The van der Waals surface area contributed by atoms with Crippen molar-refractivity contribution < 1.29 is 31.4 Å². The first kappa shape index (κ1) is 28.6. The molecule has 3 aromatic rings. The first-order valence-corrected chi connectivity index (χ1v) is 11.9. The Bertz CT molecular complexity index is 1660. The van der Waals surface area contributed by atoms with E-state index >= 15 is 0 Å². The number of aromatic nitrogens is 4. The van der Waals surface area contributed by atoms with E-state index in [0.717, 1.165) is 39.0 Å². The number of carboxylic acids is 1. The van der Waals surface area contributed by atoms with Gasteiger partial charge in [0.2, 0.25) is 0 Å². The van der Waals surface area contributed by atoms with Crippen molar-refractivity contribution in [3.63, 3.8) is 0 Å². The zero-order valence-electron chi connectivity index (χ0n) is 21.9. The molecule has 0 spiro atoms. The molecule has 38 heavy (non-hydrogen) atoms. The van der Waals surface area contributed by atoms with Crippen molar-refractivity contribution >= 4 is 51.0 Å². The van der Waals surface area contributed by atoms with E-state index < -0.39 is 5.97 Å². The number of aryl methyl sites for hydroxylation is 3.